The summed E-state index contributed by atoms with van der Waals surface area (Å²) in [6.45, 7) is 0. The van der Waals surface area contributed by atoms with E-state index >= 15 is 0 Å². The van der Waals surface area contributed by atoms with E-state index in [1.54, 1.807) is 0 Å². The van der Waals surface area contributed by atoms with Crippen LogP contribution in [0.5, 0.6) is 0 Å². The van der Waals surface area contributed by atoms with Crippen LogP contribution in [-0.4, -0.2) is 18.3 Å². The number of nitrogens with zero attached hydrogens (tertiary/aromatic N) is 4. The molecular weight excluding hydrogens is 1080 g/mol. The first-order valence-electron chi connectivity index (χ1n) is 30.5. The molecule has 5 heterocycles. The molecule has 0 fully saturated rings. The molecule has 0 aliphatic heterocycles. The average Bonchev–Trinajstić information content (AvgIpc) is 2.09. The van der Waals surface area contributed by atoms with E-state index in [2.05, 4.69) is 334 Å². The molecule has 19 aromatic rings. The smallest absolute Gasteiger partial charge is 0.143 e. The largest absolute Gasteiger partial charge is 0.455 e. The van der Waals surface area contributed by atoms with Gasteiger partial charge < -0.3 is 22.7 Å². The van der Waals surface area contributed by atoms with Crippen molar-refractivity contribution in [3.63, 3.8) is 0 Å². The first-order valence-corrected chi connectivity index (χ1v) is 30.5. The van der Waals surface area contributed by atoms with Crippen LogP contribution in [0.3, 0.4) is 0 Å². The van der Waals surface area contributed by atoms with Gasteiger partial charge in [0.15, 0.2) is 0 Å². The Balaban J connectivity index is 0.926. The maximum atomic E-state index is 6.88. The highest BCUT2D eigenvalue weighted by atomic mass is 16.3. The molecule has 19 rings (SSSR count). The van der Waals surface area contributed by atoms with Crippen molar-refractivity contribution in [3.05, 3.63) is 315 Å². The average molecular weight is 1130 g/mol. The van der Waals surface area contributed by atoms with Crippen molar-refractivity contribution in [1.29, 1.82) is 0 Å². The Kier molecular flexibility index (Phi) is 10.7. The minimum atomic E-state index is 0.870. The molecule has 0 aliphatic rings. The molecule has 0 spiro atoms. The van der Waals surface area contributed by atoms with Crippen LogP contribution in [-0.2, 0) is 0 Å². The zero-order valence-electron chi connectivity index (χ0n) is 48.2. The number of furan rings is 1. The van der Waals surface area contributed by atoms with Gasteiger partial charge in [-0.2, -0.15) is 0 Å². The quantitative estimate of drug-likeness (QED) is 0.149. The summed E-state index contributed by atoms with van der Waals surface area (Å²) in [6, 6.07) is 116. The summed E-state index contributed by atoms with van der Waals surface area (Å²) >= 11 is 0. The van der Waals surface area contributed by atoms with Crippen LogP contribution in [0.1, 0.15) is 0 Å². The molecule has 89 heavy (non-hydrogen) atoms. The number of hydrogen-bond donors (Lipinski definition) is 0. The molecule has 0 radical (unpaired) electrons. The summed E-state index contributed by atoms with van der Waals surface area (Å²) < 4.78 is 16.8. The van der Waals surface area contributed by atoms with E-state index < -0.39 is 0 Å². The van der Waals surface area contributed by atoms with Crippen LogP contribution in [0, 0.1) is 0 Å². The van der Waals surface area contributed by atoms with Crippen LogP contribution in [0.25, 0.3) is 176 Å². The third kappa shape index (κ3) is 7.56. The minimum Gasteiger partial charge on any atom is -0.455 e. The van der Waals surface area contributed by atoms with E-state index in [9.17, 15) is 0 Å². The molecule has 0 saturated carbocycles. The lowest BCUT2D eigenvalue weighted by Crippen LogP contribution is -2.01. The van der Waals surface area contributed by atoms with Gasteiger partial charge in [0.05, 0.1) is 44.1 Å². The van der Waals surface area contributed by atoms with Crippen molar-refractivity contribution in [2.45, 2.75) is 0 Å². The molecule has 5 aromatic heterocycles. The van der Waals surface area contributed by atoms with E-state index in [-0.39, 0.29) is 0 Å². The number of hydrogen-bond acceptors (Lipinski definition) is 1. The zero-order chi connectivity index (χ0) is 58.3. The van der Waals surface area contributed by atoms with E-state index in [1.807, 2.05) is 0 Å². The highest BCUT2D eigenvalue weighted by molar-refractivity contribution is 6.14. The maximum absolute atomic E-state index is 6.88. The standard InChI is InChI=1S/C84H52N4O/c1-2-21-53(22-3-1)54-41-42-82-74(51-54)71-29-10-18-39-81(71)88(82)63-49-58(48-62(52-63)87-79-37-16-8-27-69(79)70-28-9-17-38-80(70)87)56-43-55(45-60(46-56)85-75-33-12-4-23-65(75)66-24-5-13-34-76(66)85)57-44-59(64-31-20-32-73-72-30-11-19-40-83(72)89-84(64)73)50-61(47-57)86-77-35-14-6-25-67(77)68-26-7-15-36-78(68)86/h1-52H. The molecule has 0 bridgehead atoms. The molecular formula is C84H52N4O. The predicted octanol–water partition coefficient (Wildman–Crippen LogP) is 22.6. The van der Waals surface area contributed by atoms with Gasteiger partial charge in [0.2, 0.25) is 0 Å². The highest BCUT2D eigenvalue weighted by Gasteiger charge is 2.23. The first-order chi connectivity index (χ1) is 44.1. The van der Waals surface area contributed by atoms with Gasteiger partial charge in [-0.1, -0.05) is 200 Å². The van der Waals surface area contributed by atoms with Gasteiger partial charge in [0, 0.05) is 82.2 Å². The lowest BCUT2D eigenvalue weighted by atomic mass is 9.93. The first kappa shape index (κ1) is 49.4. The van der Waals surface area contributed by atoms with Crippen molar-refractivity contribution in [1.82, 2.24) is 18.3 Å². The fourth-order valence-corrected chi connectivity index (χ4v) is 14.8. The molecule has 5 heteroatoms. The van der Waals surface area contributed by atoms with Crippen LogP contribution in [0.2, 0.25) is 0 Å². The molecule has 0 aliphatic carbocycles. The molecule has 5 nitrogen and oxygen atoms in total. The van der Waals surface area contributed by atoms with Crippen molar-refractivity contribution in [2.24, 2.45) is 0 Å². The second kappa shape index (κ2) is 19.3. The van der Waals surface area contributed by atoms with E-state index in [0.717, 1.165) is 122 Å². The topological polar surface area (TPSA) is 32.9 Å². The van der Waals surface area contributed by atoms with Crippen molar-refractivity contribution in [3.8, 4) is 67.3 Å². The summed E-state index contributed by atoms with van der Waals surface area (Å²) in [4.78, 5) is 0. The number of rotatable bonds is 8. The molecule has 14 aromatic carbocycles. The van der Waals surface area contributed by atoms with E-state index in [4.69, 9.17) is 4.42 Å². The molecule has 0 amide bonds. The van der Waals surface area contributed by atoms with Crippen LogP contribution >= 0.6 is 0 Å². The van der Waals surface area contributed by atoms with Crippen molar-refractivity contribution in [2.75, 3.05) is 0 Å². The summed E-state index contributed by atoms with van der Waals surface area (Å²) in [6.07, 6.45) is 0. The SMILES string of the molecule is c1ccc(-c2ccc3c(c2)c2ccccc2n3-c2cc(-c3cc(-c4cc(-c5cccc6c5oc5ccccc56)cc(-n5c6ccccc6c6ccccc65)c4)cc(-n4c5ccccc5c5ccccc54)c3)cc(-n3c4ccccc4c4ccccc43)c2)cc1. The fraction of sp³-hybridized carbons (Fsp3) is 0. The number of aromatic nitrogens is 4. The summed E-state index contributed by atoms with van der Waals surface area (Å²) in [7, 11) is 0. The van der Waals surface area contributed by atoms with E-state index in [0.29, 0.717) is 0 Å². The highest BCUT2D eigenvalue weighted by Crippen LogP contribution is 2.45. The minimum absolute atomic E-state index is 0.870. The van der Waals surface area contributed by atoms with Crippen LogP contribution < -0.4 is 0 Å². The molecule has 0 atom stereocenters. The van der Waals surface area contributed by atoms with Gasteiger partial charge >= 0.3 is 0 Å². The third-order valence-electron chi connectivity index (χ3n) is 18.7. The second-order valence-electron chi connectivity index (χ2n) is 23.6. The molecule has 0 saturated heterocycles. The zero-order valence-corrected chi connectivity index (χ0v) is 48.2. The van der Waals surface area contributed by atoms with Crippen LogP contribution in [0.15, 0.2) is 320 Å². The third-order valence-corrected chi connectivity index (χ3v) is 18.7. The summed E-state index contributed by atoms with van der Waals surface area (Å²) in [5.41, 5.74) is 24.0. The number of benzene rings is 14. The maximum Gasteiger partial charge on any atom is 0.143 e. The Morgan fingerprint density at radius 1 is 0.180 bits per heavy atom. The summed E-state index contributed by atoms with van der Waals surface area (Å²) in [5.74, 6) is 0. The van der Waals surface area contributed by atoms with Crippen LogP contribution in [0.4, 0.5) is 0 Å². The lowest BCUT2D eigenvalue weighted by Gasteiger charge is -2.19. The number of fused-ring (bicyclic) bond motifs is 15. The molecule has 0 unspecified atom stereocenters. The Morgan fingerprint density at radius 2 is 0.506 bits per heavy atom. The Bertz CT molecular complexity index is 5960. The monoisotopic (exact) mass is 1130 g/mol. The van der Waals surface area contributed by atoms with Gasteiger partial charge in [-0.05, 0) is 154 Å². The Hall–Kier alpha value is -11.9. The molecule has 414 valence electrons. The number of para-hydroxylation sites is 9. The van der Waals surface area contributed by atoms with Gasteiger partial charge in [-0.25, -0.2) is 0 Å². The van der Waals surface area contributed by atoms with E-state index in [1.165, 1.54) is 54.2 Å². The second-order valence-corrected chi connectivity index (χ2v) is 23.6. The molecule has 0 N–H and O–H groups in total. The van der Waals surface area contributed by atoms with Crippen molar-refractivity contribution < 1.29 is 4.42 Å². The fourth-order valence-electron chi connectivity index (χ4n) is 14.8. The summed E-state index contributed by atoms with van der Waals surface area (Å²) in [5, 5.41) is 11.9. The Morgan fingerprint density at radius 3 is 0.955 bits per heavy atom. The van der Waals surface area contributed by atoms with Gasteiger partial charge in [0.1, 0.15) is 11.2 Å². The van der Waals surface area contributed by atoms with Gasteiger partial charge in [0.25, 0.3) is 0 Å². The Labute approximate surface area is 511 Å². The predicted molar refractivity (Wildman–Crippen MR) is 373 cm³/mol. The van der Waals surface area contributed by atoms with Gasteiger partial charge in [-0.3, -0.25) is 0 Å². The normalized spacial score (nSPS) is 12.0. The lowest BCUT2D eigenvalue weighted by molar-refractivity contribution is 0.670. The van der Waals surface area contributed by atoms with Gasteiger partial charge in [-0.15, -0.1) is 0 Å². The van der Waals surface area contributed by atoms with Crippen molar-refractivity contribution >= 4 is 109 Å².